The van der Waals surface area contributed by atoms with Crippen LogP contribution in [0.4, 0.5) is 0 Å². The van der Waals surface area contributed by atoms with Crippen molar-refractivity contribution in [1.29, 1.82) is 0 Å². The minimum Gasteiger partial charge on any atom is -0.762 e. The minimum absolute atomic E-state index is 0.194. The summed E-state index contributed by atoms with van der Waals surface area (Å²) in [4.78, 5) is 0. The van der Waals surface area contributed by atoms with Crippen LogP contribution in [0.15, 0.2) is 0 Å². The zero-order valence-electron chi connectivity index (χ0n) is 5.82. The molecule has 0 aliphatic carbocycles. The Morgan fingerprint density at radius 1 is 1.40 bits per heavy atom. The maximum atomic E-state index is 10.3. The Balaban J connectivity index is 4.15. The van der Waals surface area contributed by atoms with E-state index in [2.05, 4.69) is 0 Å². The first kappa shape index (κ1) is 9.80. The SMILES string of the molecule is CCC(CO)(CO)N([O-])O. The van der Waals surface area contributed by atoms with Gasteiger partial charge in [-0.3, -0.25) is 5.23 Å². The number of hydrogen-bond acceptors (Lipinski definition) is 5. The summed E-state index contributed by atoms with van der Waals surface area (Å²) >= 11 is 0. The summed E-state index contributed by atoms with van der Waals surface area (Å²) in [6.45, 7) is 0.480. The molecule has 62 valence electrons. The number of nitrogens with zero attached hydrogens (tertiary/aromatic N) is 1. The van der Waals surface area contributed by atoms with Crippen molar-refractivity contribution in [2.75, 3.05) is 13.2 Å². The molecule has 0 unspecified atom stereocenters. The van der Waals surface area contributed by atoms with Crippen molar-refractivity contribution in [2.24, 2.45) is 0 Å². The maximum absolute atomic E-state index is 10.3. The molecule has 0 atom stereocenters. The molecule has 0 aliphatic rings. The number of hydrogen-bond donors (Lipinski definition) is 3. The lowest BCUT2D eigenvalue weighted by Gasteiger charge is -2.40. The van der Waals surface area contributed by atoms with Crippen LogP contribution in [0.5, 0.6) is 0 Å². The average Bonchev–Trinajstić information content (AvgIpc) is 1.92. The van der Waals surface area contributed by atoms with Gasteiger partial charge >= 0.3 is 0 Å². The standard InChI is InChI=1S/C5H12NO4/c1-2-5(3-7,4-8)6(9)10/h7-9H,2-4H2,1H3/q-1. The van der Waals surface area contributed by atoms with E-state index in [4.69, 9.17) is 15.4 Å². The Hall–Kier alpha value is -0.200. The van der Waals surface area contributed by atoms with Gasteiger partial charge in [0.25, 0.3) is 0 Å². The van der Waals surface area contributed by atoms with Gasteiger partial charge in [-0.25, -0.2) is 0 Å². The summed E-state index contributed by atoms with van der Waals surface area (Å²) in [7, 11) is 0. The van der Waals surface area contributed by atoms with Gasteiger partial charge in [-0.2, -0.15) is 0 Å². The molecule has 0 fully saturated rings. The van der Waals surface area contributed by atoms with Gasteiger partial charge in [-0.05, 0) is 6.42 Å². The molecule has 0 spiro atoms. The number of hydroxylamine groups is 2. The van der Waals surface area contributed by atoms with Gasteiger partial charge in [0, 0.05) is 0 Å². The zero-order valence-corrected chi connectivity index (χ0v) is 5.82. The highest BCUT2D eigenvalue weighted by Crippen LogP contribution is 2.14. The fraction of sp³-hybridized carbons (Fsp3) is 1.00. The van der Waals surface area contributed by atoms with Gasteiger partial charge in [0.05, 0.1) is 18.8 Å². The fourth-order valence-electron chi connectivity index (χ4n) is 0.530. The predicted octanol–water partition coefficient (Wildman–Crippen LogP) is -0.691. The lowest BCUT2D eigenvalue weighted by Crippen LogP contribution is -2.49. The number of rotatable bonds is 4. The Bertz CT molecular complexity index is 83.4. The van der Waals surface area contributed by atoms with Crippen molar-refractivity contribution < 1.29 is 15.4 Å². The Labute approximate surface area is 59.0 Å². The highest BCUT2D eigenvalue weighted by Gasteiger charge is 2.27. The van der Waals surface area contributed by atoms with Crippen molar-refractivity contribution in [3.63, 3.8) is 0 Å². The van der Waals surface area contributed by atoms with Gasteiger partial charge in [-0.1, -0.05) is 6.92 Å². The topological polar surface area (TPSA) is 87.0 Å². The molecule has 0 saturated carbocycles. The normalized spacial score (nSPS) is 12.6. The van der Waals surface area contributed by atoms with Crippen LogP contribution in [-0.4, -0.2) is 39.4 Å². The predicted molar refractivity (Wildman–Crippen MR) is 34.2 cm³/mol. The fourth-order valence-corrected chi connectivity index (χ4v) is 0.530. The second kappa shape index (κ2) is 3.85. The van der Waals surface area contributed by atoms with Crippen molar-refractivity contribution in [3.8, 4) is 0 Å². The third-order valence-corrected chi connectivity index (χ3v) is 1.65. The van der Waals surface area contributed by atoms with E-state index in [9.17, 15) is 5.21 Å². The highest BCUT2D eigenvalue weighted by atomic mass is 16.8. The van der Waals surface area contributed by atoms with E-state index in [1.165, 1.54) is 0 Å². The molecular weight excluding hydrogens is 138 g/mol. The van der Waals surface area contributed by atoms with Crippen molar-refractivity contribution in [1.82, 2.24) is 5.23 Å². The van der Waals surface area contributed by atoms with Crippen molar-refractivity contribution in [2.45, 2.75) is 18.9 Å². The molecule has 5 nitrogen and oxygen atoms in total. The molecule has 0 heterocycles. The Morgan fingerprint density at radius 2 is 1.80 bits per heavy atom. The lowest BCUT2D eigenvalue weighted by atomic mass is 10.00. The molecule has 0 bridgehead atoms. The summed E-state index contributed by atoms with van der Waals surface area (Å²) in [6, 6.07) is 0. The van der Waals surface area contributed by atoms with Gasteiger partial charge in [0.1, 0.15) is 0 Å². The van der Waals surface area contributed by atoms with E-state index in [1.54, 1.807) is 6.92 Å². The molecule has 5 heteroatoms. The highest BCUT2D eigenvalue weighted by molar-refractivity contribution is 4.84. The molecule has 0 aromatic carbocycles. The van der Waals surface area contributed by atoms with E-state index in [1.807, 2.05) is 0 Å². The number of aliphatic hydroxyl groups excluding tert-OH is 2. The molecule has 0 radical (unpaired) electrons. The van der Waals surface area contributed by atoms with E-state index in [-0.39, 0.29) is 6.42 Å². The monoisotopic (exact) mass is 150 g/mol. The maximum Gasteiger partial charge on any atom is 0.0784 e. The third-order valence-electron chi connectivity index (χ3n) is 1.65. The smallest absolute Gasteiger partial charge is 0.0784 e. The molecular formula is C5H12NO4-. The lowest BCUT2D eigenvalue weighted by molar-refractivity contribution is -0.164. The Morgan fingerprint density at radius 3 is 1.80 bits per heavy atom. The molecule has 0 aliphatic heterocycles. The van der Waals surface area contributed by atoms with Crippen molar-refractivity contribution in [3.05, 3.63) is 5.21 Å². The van der Waals surface area contributed by atoms with Crippen molar-refractivity contribution >= 4 is 0 Å². The number of aliphatic hydroxyl groups is 2. The van der Waals surface area contributed by atoms with Crippen LogP contribution in [0.1, 0.15) is 13.3 Å². The zero-order chi connectivity index (χ0) is 8.20. The van der Waals surface area contributed by atoms with Crippen LogP contribution < -0.4 is 0 Å². The first-order chi connectivity index (χ1) is 4.63. The van der Waals surface area contributed by atoms with E-state index >= 15 is 0 Å². The molecule has 0 aromatic rings. The van der Waals surface area contributed by atoms with Crippen LogP contribution in [0, 0.1) is 5.21 Å². The second-order valence-electron chi connectivity index (χ2n) is 2.17. The average molecular weight is 150 g/mol. The van der Waals surface area contributed by atoms with E-state index < -0.39 is 24.0 Å². The quantitative estimate of drug-likeness (QED) is 0.462. The third kappa shape index (κ3) is 1.65. The molecule has 0 rings (SSSR count). The van der Waals surface area contributed by atoms with Gasteiger partial charge in [0.15, 0.2) is 0 Å². The summed E-state index contributed by atoms with van der Waals surface area (Å²) in [5, 5.41) is 35.5. The molecule has 3 N–H and O–H groups in total. The minimum atomic E-state index is -1.43. The van der Waals surface area contributed by atoms with Gasteiger partial charge in [0.2, 0.25) is 0 Å². The summed E-state index contributed by atoms with van der Waals surface area (Å²) in [5.41, 5.74) is -1.43. The van der Waals surface area contributed by atoms with Crippen LogP contribution >= 0.6 is 0 Å². The summed E-state index contributed by atoms with van der Waals surface area (Å²) in [5.74, 6) is 0. The summed E-state index contributed by atoms with van der Waals surface area (Å²) in [6.07, 6.45) is 0.194. The molecule has 0 amide bonds. The van der Waals surface area contributed by atoms with E-state index in [0.29, 0.717) is 0 Å². The van der Waals surface area contributed by atoms with Gasteiger partial charge < -0.3 is 20.6 Å². The summed E-state index contributed by atoms with van der Waals surface area (Å²) < 4.78 is 0. The van der Waals surface area contributed by atoms with E-state index in [0.717, 1.165) is 0 Å². The van der Waals surface area contributed by atoms with Gasteiger partial charge in [-0.15, -0.1) is 0 Å². The van der Waals surface area contributed by atoms with Crippen LogP contribution in [0.25, 0.3) is 0 Å². The molecule has 0 aromatic heterocycles. The van der Waals surface area contributed by atoms with Crippen LogP contribution in [0.3, 0.4) is 0 Å². The molecule has 10 heavy (non-hydrogen) atoms. The first-order valence-electron chi connectivity index (χ1n) is 3.01. The largest absolute Gasteiger partial charge is 0.762 e. The van der Waals surface area contributed by atoms with Crippen LogP contribution in [0.2, 0.25) is 0 Å². The molecule has 0 saturated heterocycles. The second-order valence-corrected chi connectivity index (χ2v) is 2.17. The first-order valence-corrected chi connectivity index (χ1v) is 3.01. The van der Waals surface area contributed by atoms with Crippen LogP contribution in [-0.2, 0) is 0 Å². The Kier molecular flexibility index (Phi) is 3.77.